The van der Waals surface area contributed by atoms with Gasteiger partial charge in [0.1, 0.15) is 5.82 Å². The Labute approximate surface area is 148 Å². The molecule has 0 spiro atoms. The number of nitrogens with one attached hydrogen (secondary N) is 1. The highest BCUT2D eigenvalue weighted by atomic mass is 19.3. The lowest BCUT2D eigenvalue weighted by atomic mass is 9.75. The van der Waals surface area contributed by atoms with Crippen LogP contribution in [-0.2, 0) is 18.3 Å². The van der Waals surface area contributed by atoms with Crippen molar-refractivity contribution in [3.8, 4) is 0 Å². The zero-order valence-corrected chi connectivity index (χ0v) is 15.7. The maximum atomic E-state index is 13.2. The van der Waals surface area contributed by atoms with Crippen molar-refractivity contribution >= 4 is 11.7 Å². The first kappa shape index (κ1) is 18.3. The molecule has 0 unspecified atom stereocenters. The van der Waals surface area contributed by atoms with Crippen LogP contribution in [0.3, 0.4) is 0 Å². The summed E-state index contributed by atoms with van der Waals surface area (Å²) in [6.07, 6.45) is 4.29. The van der Waals surface area contributed by atoms with E-state index in [1.54, 1.807) is 4.68 Å². The molecule has 1 amide bonds. The number of alkyl halides is 2. The average Bonchev–Trinajstić information content (AvgIpc) is 2.61. The Balaban J connectivity index is 1.78. The van der Waals surface area contributed by atoms with Crippen LogP contribution in [0.15, 0.2) is 0 Å². The van der Waals surface area contributed by atoms with Crippen LogP contribution in [-0.4, -0.2) is 21.6 Å². The molecule has 140 valence electrons. The molecule has 25 heavy (non-hydrogen) atoms. The van der Waals surface area contributed by atoms with Crippen LogP contribution in [0.4, 0.5) is 14.6 Å². The summed E-state index contributed by atoms with van der Waals surface area (Å²) in [4.78, 5) is 12.4. The van der Waals surface area contributed by atoms with E-state index in [1.165, 1.54) is 6.42 Å². The Hall–Kier alpha value is -1.46. The summed E-state index contributed by atoms with van der Waals surface area (Å²) in [5.41, 5.74) is 1.91. The summed E-state index contributed by atoms with van der Waals surface area (Å²) in [6.45, 7) is 6.10. The third-order valence-electron chi connectivity index (χ3n) is 5.28. The zero-order valence-electron chi connectivity index (χ0n) is 15.7. The second-order valence-electron chi connectivity index (χ2n) is 9.08. The Morgan fingerprint density at radius 3 is 2.44 bits per heavy atom. The van der Waals surface area contributed by atoms with Gasteiger partial charge < -0.3 is 5.32 Å². The minimum atomic E-state index is -2.50. The van der Waals surface area contributed by atoms with Gasteiger partial charge in [0.25, 0.3) is 0 Å². The van der Waals surface area contributed by atoms with Gasteiger partial charge in [0.2, 0.25) is 11.8 Å². The van der Waals surface area contributed by atoms with E-state index in [1.807, 2.05) is 27.8 Å². The van der Waals surface area contributed by atoms with Gasteiger partial charge in [-0.05, 0) is 36.5 Å². The smallest absolute Gasteiger partial charge is 0.248 e. The number of anilines is 1. The molecule has 0 atom stereocenters. The largest absolute Gasteiger partial charge is 0.311 e. The normalized spacial score (nSPS) is 20.9. The van der Waals surface area contributed by atoms with Crippen LogP contribution < -0.4 is 5.32 Å². The number of aryl methyl sites for hydroxylation is 1. The molecule has 0 aliphatic heterocycles. The molecular weight excluding hydrogens is 324 g/mol. The number of hydrogen-bond donors (Lipinski definition) is 1. The average molecular weight is 353 g/mol. The van der Waals surface area contributed by atoms with E-state index in [0.717, 1.165) is 29.9 Å². The van der Waals surface area contributed by atoms with Crippen LogP contribution in [0.2, 0.25) is 0 Å². The second kappa shape index (κ2) is 6.36. The fraction of sp³-hybridized carbons (Fsp3) is 0.789. The van der Waals surface area contributed by atoms with Crippen LogP contribution in [0, 0.1) is 11.3 Å². The summed E-state index contributed by atoms with van der Waals surface area (Å²) in [6, 6.07) is 0. The summed E-state index contributed by atoms with van der Waals surface area (Å²) in [7, 11) is 1.83. The molecule has 2 saturated carbocycles. The molecule has 0 aromatic carbocycles. The summed E-state index contributed by atoms with van der Waals surface area (Å²) in [5, 5.41) is 7.63. The van der Waals surface area contributed by atoms with Crippen molar-refractivity contribution in [2.24, 2.45) is 18.4 Å². The minimum Gasteiger partial charge on any atom is -0.311 e. The van der Waals surface area contributed by atoms with Gasteiger partial charge in [-0.3, -0.25) is 9.48 Å². The van der Waals surface area contributed by atoms with Crippen molar-refractivity contribution < 1.29 is 13.6 Å². The lowest BCUT2D eigenvalue weighted by Crippen LogP contribution is -2.36. The molecule has 1 heterocycles. The highest BCUT2D eigenvalue weighted by Crippen LogP contribution is 2.47. The summed E-state index contributed by atoms with van der Waals surface area (Å²) >= 11 is 0. The zero-order chi connectivity index (χ0) is 18.4. The lowest BCUT2D eigenvalue weighted by molar-refractivity contribution is -0.117. The van der Waals surface area contributed by atoms with E-state index in [0.29, 0.717) is 18.8 Å². The van der Waals surface area contributed by atoms with Gasteiger partial charge in [0.15, 0.2) is 0 Å². The van der Waals surface area contributed by atoms with Crippen molar-refractivity contribution in [2.75, 3.05) is 5.32 Å². The molecule has 0 radical (unpaired) electrons. The highest BCUT2D eigenvalue weighted by molar-refractivity contribution is 5.91. The first-order chi connectivity index (χ1) is 11.5. The molecule has 0 saturated heterocycles. The van der Waals surface area contributed by atoms with Gasteiger partial charge in [-0.25, -0.2) is 8.78 Å². The number of amides is 1. The molecule has 1 aromatic rings. The van der Waals surface area contributed by atoms with Gasteiger partial charge in [-0.1, -0.05) is 27.2 Å². The van der Waals surface area contributed by atoms with Gasteiger partial charge in [0.05, 0.1) is 5.69 Å². The molecule has 1 N–H and O–H groups in total. The molecule has 4 nitrogen and oxygen atoms in total. The number of carbonyl (C=O) groups excluding carboxylic acids is 1. The lowest BCUT2D eigenvalue weighted by Gasteiger charge is -2.35. The predicted molar refractivity (Wildman–Crippen MR) is 93.9 cm³/mol. The first-order valence-corrected chi connectivity index (χ1v) is 9.27. The van der Waals surface area contributed by atoms with E-state index >= 15 is 0 Å². The molecule has 0 bridgehead atoms. The molecule has 3 rings (SSSR count). The van der Waals surface area contributed by atoms with Gasteiger partial charge in [0, 0.05) is 31.9 Å². The monoisotopic (exact) mass is 353 g/mol. The number of halogens is 2. The van der Waals surface area contributed by atoms with E-state index in [2.05, 4.69) is 10.4 Å². The van der Waals surface area contributed by atoms with Crippen LogP contribution in [0.1, 0.15) is 76.5 Å². The summed E-state index contributed by atoms with van der Waals surface area (Å²) in [5.74, 6) is -1.35. The Morgan fingerprint density at radius 2 is 1.96 bits per heavy atom. The molecule has 1 aromatic heterocycles. The number of rotatable bonds is 5. The third-order valence-corrected chi connectivity index (χ3v) is 5.28. The fourth-order valence-corrected chi connectivity index (χ4v) is 3.88. The van der Waals surface area contributed by atoms with Crippen molar-refractivity contribution in [1.82, 2.24) is 9.78 Å². The standard InChI is InChI=1S/C19H29F2N3O/c1-18(2,3)11-15(25)22-17-16(13-6-5-7-13)14(23-24(17)4)8-12-9-19(20,21)10-12/h12-13H,5-11H2,1-4H3,(H,22,25). The van der Waals surface area contributed by atoms with E-state index in [9.17, 15) is 13.6 Å². The van der Waals surface area contributed by atoms with Gasteiger partial charge in [-0.2, -0.15) is 5.10 Å². The number of carbonyl (C=O) groups is 1. The van der Waals surface area contributed by atoms with Gasteiger partial charge >= 0.3 is 0 Å². The van der Waals surface area contributed by atoms with Crippen molar-refractivity contribution in [2.45, 2.75) is 77.6 Å². The second-order valence-corrected chi connectivity index (χ2v) is 9.08. The van der Waals surface area contributed by atoms with Crippen molar-refractivity contribution in [3.63, 3.8) is 0 Å². The molecular formula is C19H29F2N3O. The van der Waals surface area contributed by atoms with Crippen LogP contribution in [0.5, 0.6) is 0 Å². The van der Waals surface area contributed by atoms with Gasteiger partial charge in [-0.15, -0.1) is 0 Å². The maximum absolute atomic E-state index is 13.2. The predicted octanol–water partition coefficient (Wildman–Crippen LogP) is 4.65. The molecule has 2 fully saturated rings. The van der Waals surface area contributed by atoms with Crippen molar-refractivity contribution in [3.05, 3.63) is 11.3 Å². The van der Waals surface area contributed by atoms with Crippen molar-refractivity contribution in [1.29, 1.82) is 0 Å². The number of nitrogens with zero attached hydrogens (tertiary/aromatic N) is 2. The number of hydrogen-bond acceptors (Lipinski definition) is 2. The highest BCUT2D eigenvalue weighted by Gasteiger charge is 2.46. The minimum absolute atomic E-state index is 0.00172. The Kier molecular flexibility index (Phi) is 4.67. The SMILES string of the molecule is Cn1nc(CC2CC(F)(F)C2)c(C2CCC2)c1NC(=O)CC(C)(C)C. The quantitative estimate of drug-likeness (QED) is 0.837. The van der Waals surface area contributed by atoms with E-state index < -0.39 is 5.92 Å². The molecule has 2 aliphatic rings. The van der Waals surface area contributed by atoms with E-state index in [-0.39, 0.29) is 30.1 Å². The van der Waals surface area contributed by atoms with Crippen LogP contribution in [0.25, 0.3) is 0 Å². The third kappa shape index (κ3) is 4.21. The Morgan fingerprint density at radius 1 is 1.32 bits per heavy atom. The van der Waals surface area contributed by atoms with E-state index in [4.69, 9.17) is 0 Å². The number of aromatic nitrogens is 2. The molecule has 6 heteroatoms. The summed E-state index contributed by atoms with van der Waals surface area (Å²) < 4.78 is 28.0. The topological polar surface area (TPSA) is 46.9 Å². The maximum Gasteiger partial charge on any atom is 0.248 e. The fourth-order valence-electron chi connectivity index (χ4n) is 3.88. The molecule has 2 aliphatic carbocycles. The van der Waals surface area contributed by atoms with Crippen LogP contribution >= 0.6 is 0 Å². The Bertz CT molecular complexity index is 648. The first-order valence-electron chi connectivity index (χ1n) is 9.27.